The van der Waals surface area contributed by atoms with E-state index in [1.54, 1.807) is 20.4 Å². The Morgan fingerprint density at radius 3 is 3.00 bits per heavy atom. The fourth-order valence-electron chi connectivity index (χ4n) is 3.57. The summed E-state index contributed by atoms with van der Waals surface area (Å²) < 4.78 is 7.49. The highest BCUT2D eigenvalue weighted by Crippen LogP contribution is 2.32. The molecule has 0 radical (unpaired) electrons. The van der Waals surface area contributed by atoms with E-state index in [1.807, 2.05) is 41.1 Å². The molecule has 3 heterocycles. The third-order valence-electron chi connectivity index (χ3n) is 4.91. The second-order valence-corrected chi connectivity index (χ2v) is 6.54. The molecule has 28 heavy (non-hydrogen) atoms. The molecule has 3 aromatic rings. The zero-order chi connectivity index (χ0) is 19.7. The molecular weight excluding hydrogens is 354 g/mol. The van der Waals surface area contributed by atoms with Crippen molar-refractivity contribution < 1.29 is 9.53 Å². The number of imidazole rings is 1. The number of nitrogens with zero attached hydrogens (tertiary/aromatic N) is 2. The number of ether oxygens (including phenoxy) is 1. The van der Waals surface area contributed by atoms with Crippen molar-refractivity contribution in [2.45, 2.75) is 6.42 Å². The molecule has 7 nitrogen and oxygen atoms in total. The van der Waals surface area contributed by atoms with E-state index < -0.39 is 0 Å². The highest BCUT2D eigenvalue weighted by atomic mass is 16.5. The lowest BCUT2D eigenvalue weighted by Crippen LogP contribution is -2.32. The highest BCUT2D eigenvalue weighted by Gasteiger charge is 2.23. The maximum absolute atomic E-state index is 12.2. The average molecular weight is 375 g/mol. The van der Waals surface area contributed by atoms with Gasteiger partial charge in [-0.3, -0.25) is 9.20 Å². The number of hydrogen-bond donors (Lipinski definition) is 3. The largest absolute Gasteiger partial charge is 0.496 e. The molecule has 0 saturated heterocycles. The number of fused-ring (bicyclic) bond motifs is 2. The molecule has 1 aromatic carbocycles. The van der Waals surface area contributed by atoms with Gasteiger partial charge in [-0.15, -0.1) is 0 Å². The van der Waals surface area contributed by atoms with Crippen LogP contribution in [0.5, 0.6) is 5.75 Å². The molecule has 2 aromatic heterocycles. The summed E-state index contributed by atoms with van der Waals surface area (Å²) in [5.74, 6) is 0.474. The van der Waals surface area contributed by atoms with Crippen LogP contribution < -0.4 is 15.4 Å². The van der Waals surface area contributed by atoms with E-state index in [0.717, 1.165) is 40.0 Å². The van der Waals surface area contributed by atoms with Crippen molar-refractivity contribution in [3.8, 4) is 17.0 Å². The molecule has 0 saturated carbocycles. The minimum atomic E-state index is -0.0945. The lowest BCUT2D eigenvalue weighted by atomic mass is 9.95. The van der Waals surface area contributed by atoms with Crippen molar-refractivity contribution in [2.75, 3.05) is 20.7 Å². The number of carbonyl (C=O) groups excluding carboxylic acids is 1. The molecule has 0 bridgehead atoms. The average Bonchev–Trinajstić information content (AvgIpc) is 3.14. The van der Waals surface area contributed by atoms with Gasteiger partial charge < -0.3 is 20.8 Å². The number of aromatic nitrogens is 2. The Hall–Kier alpha value is -3.61. The number of rotatable bonds is 5. The van der Waals surface area contributed by atoms with Gasteiger partial charge in [-0.25, -0.2) is 4.98 Å². The molecule has 142 valence electrons. The summed E-state index contributed by atoms with van der Waals surface area (Å²) in [6.07, 6.45) is 7.62. The van der Waals surface area contributed by atoms with Gasteiger partial charge in [-0.05, 0) is 41.8 Å². The second kappa shape index (κ2) is 7.19. The molecule has 4 rings (SSSR count). The number of nitrogens with one attached hydrogen (secondary N) is 3. The van der Waals surface area contributed by atoms with Crippen molar-refractivity contribution in [3.63, 3.8) is 0 Å². The molecule has 3 N–H and O–H groups in total. The number of carbonyl (C=O) groups is 1. The molecule has 0 atom stereocenters. The fraction of sp³-hybridized carbons (Fsp3) is 0.190. The highest BCUT2D eigenvalue weighted by molar-refractivity contribution is 6.08. The van der Waals surface area contributed by atoms with Gasteiger partial charge in [0.15, 0.2) is 0 Å². The molecule has 1 aliphatic heterocycles. The molecule has 7 heteroatoms. The van der Waals surface area contributed by atoms with Crippen molar-refractivity contribution in [1.29, 1.82) is 5.41 Å². The predicted octanol–water partition coefficient (Wildman–Crippen LogP) is 2.51. The summed E-state index contributed by atoms with van der Waals surface area (Å²) in [5, 5.41) is 13.4. The van der Waals surface area contributed by atoms with Crippen molar-refractivity contribution in [2.24, 2.45) is 0 Å². The molecule has 1 aliphatic rings. The first-order chi connectivity index (χ1) is 13.7. The van der Waals surface area contributed by atoms with Crippen LogP contribution in [0.25, 0.3) is 22.5 Å². The maximum atomic E-state index is 12.2. The summed E-state index contributed by atoms with van der Waals surface area (Å²) in [6, 6.07) is 7.82. The van der Waals surface area contributed by atoms with Gasteiger partial charge >= 0.3 is 0 Å². The normalized spacial score (nSPS) is 13.8. The Kier molecular flexibility index (Phi) is 4.57. The van der Waals surface area contributed by atoms with Gasteiger partial charge in [0.05, 0.1) is 24.6 Å². The monoisotopic (exact) mass is 375 g/mol. The van der Waals surface area contributed by atoms with E-state index in [-0.39, 0.29) is 5.91 Å². The van der Waals surface area contributed by atoms with Gasteiger partial charge in [0.2, 0.25) is 0 Å². The van der Waals surface area contributed by atoms with Crippen LogP contribution in [0.1, 0.15) is 21.5 Å². The van der Waals surface area contributed by atoms with E-state index in [4.69, 9.17) is 10.1 Å². The standard InChI is InChI=1S/C21H21N5O2/c1-23-11-16(10-22)13-4-6-26-17(12-25-19(26)9-13)15-7-14-3-5-24-21(27)20(14)18(8-15)28-2/h4,6-12,22-23H,3,5H2,1-2H3,(H,24,27)/b16-11+,22-10?. The third-order valence-corrected chi connectivity index (χ3v) is 4.91. The molecule has 0 aliphatic carbocycles. The summed E-state index contributed by atoms with van der Waals surface area (Å²) >= 11 is 0. The Balaban J connectivity index is 1.83. The van der Waals surface area contributed by atoms with Crippen LogP contribution >= 0.6 is 0 Å². The number of pyridine rings is 1. The smallest absolute Gasteiger partial charge is 0.255 e. The van der Waals surface area contributed by atoms with Crippen molar-refractivity contribution in [3.05, 3.63) is 59.5 Å². The zero-order valence-corrected chi connectivity index (χ0v) is 15.7. The molecular formula is C21H21N5O2. The van der Waals surface area contributed by atoms with Gasteiger partial charge in [-0.1, -0.05) is 0 Å². The Bertz CT molecular complexity index is 1100. The van der Waals surface area contributed by atoms with E-state index in [1.165, 1.54) is 6.21 Å². The quantitative estimate of drug-likeness (QED) is 0.598. The fourth-order valence-corrected chi connectivity index (χ4v) is 3.57. The molecule has 0 spiro atoms. The third kappa shape index (κ3) is 2.90. The van der Waals surface area contributed by atoms with Crippen LogP contribution in [0, 0.1) is 5.41 Å². The van der Waals surface area contributed by atoms with E-state index >= 15 is 0 Å². The second-order valence-electron chi connectivity index (χ2n) is 6.54. The lowest BCUT2D eigenvalue weighted by molar-refractivity contribution is 0.0942. The minimum Gasteiger partial charge on any atom is -0.496 e. The summed E-state index contributed by atoms with van der Waals surface area (Å²) in [5.41, 5.74) is 5.93. The van der Waals surface area contributed by atoms with E-state index in [2.05, 4.69) is 15.6 Å². The Labute approximate surface area is 162 Å². The summed E-state index contributed by atoms with van der Waals surface area (Å²) in [7, 11) is 3.38. The van der Waals surface area contributed by atoms with Crippen LogP contribution in [0.2, 0.25) is 0 Å². The first-order valence-corrected chi connectivity index (χ1v) is 9.01. The van der Waals surface area contributed by atoms with Crippen LogP contribution in [0.4, 0.5) is 0 Å². The van der Waals surface area contributed by atoms with Crippen LogP contribution in [0.15, 0.2) is 42.9 Å². The molecule has 1 amide bonds. The van der Waals surface area contributed by atoms with Gasteiger partial charge in [0.1, 0.15) is 11.4 Å². The Morgan fingerprint density at radius 2 is 2.25 bits per heavy atom. The molecule has 0 fully saturated rings. The van der Waals surface area contributed by atoms with Gasteiger partial charge in [0.25, 0.3) is 5.91 Å². The number of allylic oxidation sites excluding steroid dienone is 1. The van der Waals surface area contributed by atoms with Gasteiger partial charge in [0, 0.05) is 43.3 Å². The number of hydrogen-bond acceptors (Lipinski definition) is 5. The lowest BCUT2D eigenvalue weighted by Gasteiger charge is -2.20. The topological polar surface area (TPSA) is 91.5 Å². The predicted molar refractivity (Wildman–Crippen MR) is 109 cm³/mol. The van der Waals surface area contributed by atoms with E-state index in [0.29, 0.717) is 17.9 Å². The van der Waals surface area contributed by atoms with Crippen molar-refractivity contribution >= 4 is 23.3 Å². The molecule has 0 unspecified atom stereocenters. The Morgan fingerprint density at radius 1 is 1.39 bits per heavy atom. The van der Waals surface area contributed by atoms with Crippen LogP contribution in [-0.2, 0) is 6.42 Å². The van der Waals surface area contributed by atoms with Gasteiger partial charge in [-0.2, -0.15) is 0 Å². The summed E-state index contributed by atoms with van der Waals surface area (Å²) in [6.45, 7) is 0.624. The maximum Gasteiger partial charge on any atom is 0.255 e. The van der Waals surface area contributed by atoms with Crippen molar-refractivity contribution in [1.82, 2.24) is 20.0 Å². The van der Waals surface area contributed by atoms with Crippen LogP contribution in [-0.4, -0.2) is 42.2 Å². The zero-order valence-electron chi connectivity index (χ0n) is 15.7. The van der Waals surface area contributed by atoms with E-state index in [9.17, 15) is 4.79 Å². The minimum absolute atomic E-state index is 0.0945. The first kappa shape index (κ1) is 17.8. The SMILES string of the molecule is CN/C=C(\C=N)c1ccn2c(-c3cc4c(c(OC)c3)C(=O)NCC4)cnc2c1. The summed E-state index contributed by atoms with van der Waals surface area (Å²) in [4.78, 5) is 16.8. The first-order valence-electron chi connectivity index (χ1n) is 9.01. The number of benzene rings is 1. The number of methoxy groups -OCH3 is 1. The number of amides is 1. The van der Waals surface area contributed by atoms with Crippen LogP contribution in [0.3, 0.4) is 0 Å².